The lowest BCUT2D eigenvalue weighted by atomic mass is 9.99. The van der Waals surface area contributed by atoms with Crippen LogP contribution < -0.4 is 0 Å². The summed E-state index contributed by atoms with van der Waals surface area (Å²) in [7, 11) is 0. The van der Waals surface area contributed by atoms with Crippen molar-refractivity contribution in [1.82, 2.24) is 9.97 Å². The molecule has 0 aliphatic rings. The Morgan fingerprint density at radius 3 is 2.48 bits per heavy atom. The number of hydrogen-bond acceptors (Lipinski definition) is 2. The van der Waals surface area contributed by atoms with E-state index in [0.29, 0.717) is 0 Å². The van der Waals surface area contributed by atoms with E-state index in [1.807, 2.05) is 24.7 Å². The molecule has 2 nitrogen and oxygen atoms in total. The number of aromatic nitrogens is 2. The van der Waals surface area contributed by atoms with Gasteiger partial charge in [-0.1, -0.05) is 42.5 Å². The minimum atomic E-state index is 0.872. The molecule has 0 bridgehead atoms. The molecule has 100 valence electrons. The first-order chi connectivity index (χ1) is 10.4. The Hall–Kier alpha value is -2.74. The lowest BCUT2D eigenvalue weighted by Crippen LogP contribution is -1.93. The van der Waals surface area contributed by atoms with E-state index in [0.717, 1.165) is 11.9 Å². The van der Waals surface area contributed by atoms with Crippen LogP contribution in [0.4, 0.5) is 0 Å². The Kier molecular flexibility index (Phi) is 2.86. The maximum atomic E-state index is 4.43. The fourth-order valence-corrected chi connectivity index (χ4v) is 2.83. The highest BCUT2D eigenvalue weighted by Gasteiger charge is 2.06. The van der Waals surface area contributed by atoms with Crippen molar-refractivity contribution >= 4 is 21.7 Å². The van der Waals surface area contributed by atoms with Crippen LogP contribution in [0, 0.1) is 0 Å². The van der Waals surface area contributed by atoms with Crippen molar-refractivity contribution in [3.05, 3.63) is 84.3 Å². The summed E-state index contributed by atoms with van der Waals surface area (Å²) < 4.78 is 0. The highest BCUT2D eigenvalue weighted by molar-refractivity contribution is 5.86. The summed E-state index contributed by atoms with van der Waals surface area (Å²) >= 11 is 0. The van der Waals surface area contributed by atoms with Gasteiger partial charge in [0.15, 0.2) is 0 Å². The zero-order valence-corrected chi connectivity index (χ0v) is 11.5. The summed E-state index contributed by atoms with van der Waals surface area (Å²) in [5, 5.41) is 3.68. The molecule has 0 aliphatic heterocycles. The second kappa shape index (κ2) is 4.98. The average Bonchev–Trinajstić information content (AvgIpc) is 2.56. The molecule has 0 N–H and O–H groups in total. The molecule has 0 spiro atoms. The molecule has 0 amide bonds. The Bertz CT molecular complexity index is 841. The van der Waals surface area contributed by atoms with E-state index in [1.165, 1.54) is 27.3 Å². The molecule has 0 saturated heterocycles. The molecule has 2 heteroatoms. The zero-order valence-electron chi connectivity index (χ0n) is 11.5. The summed E-state index contributed by atoms with van der Waals surface area (Å²) in [6, 6.07) is 18.8. The first-order valence-corrected chi connectivity index (χ1v) is 7.06. The van der Waals surface area contributed by atoms with Gasteiger partial charge in [-0.25, -0.2) is 0 Å². The number of para-hydroxylation sites is 1. The molecule has 0 atom stereocenters. The van der Waals surface area contributed by atoms with Gasteiger partial charge in [0.25, 0.3) is 0 Å². The fraction of sp³-hybridized carbons (Fsp3) is 0.0526. The van der Waals surface area contributed by atoms with E-state index >= 15 is 0 Å². The molecule has 0 unspecified atom stereocenters. The molecule has 4 aromatic rings. The van der Waals surface area contributed by atoms with Crippen LogP contribution in [-0.2, 0) is 6.42 Å². The number of nitrogens with zero attached hydrogens (tertiary/aromatic N) is 2. The van der Waals surface area contributed by atoms with Gasteiger partial charge in [-0.05, 0) is 28.6 Å². The summed E-state index contributed by atoms with van der Waals surface area (Å²) in [4.78, 5) is 8.80. The molecule has 2 aromatic heterocycles. The predicted molar refractivity (Wildman–Crippen MR) is 86.3 cm³/mol. The molecule has 0 aliphatic carbocycles. The minimum absolute atomic E-state index is 0.872. The quantitative estimate of drug-likeness (QED) is 0.540. The van der Waals surface area contributed by atoms with Gasteiger partial charge in [-0.15, -0.1) is 0 Å². The Morgan fingerprint density at radius 2 is 1.52 bits per heavy atom. The largest absolute Gasteiger partial charge is 0.264 e. The summed E-state index contributed by atoms with van der Waals surface area (Å²) in [6.07, 6.45) is 6.65. The molecule has 2 heterocycles. The second-order valence-corrected chi connectivity index (χ2v) is 5.18. The third-order valence-corrected chi connectivity index (χ3v) is 3.87. The number of benzene rings is 2. The van der Waals surface area contributed by atoms with Crippen LogP contribution in [0.2, 0.25) is 0 Å². The van der Waals surface area contributed by atoms with Gasteiger partial charge in [-0.3, -0.25) is 9.97 Å². The maximum absolute atomic E-state index is 4.43. The van der Waals surface area contributed by atoms with Gasteiger partial charge in [0.05, 0.1) is 5.52 Å². The maximum Gasteiger partial charge on any atom is 0.0704 e. The highest BCUT2D eigenvalue weighted by atomic mass is 14.6. The molecule has 2 aromatic carbocycles. The monoisotopic (exact) mass is 270 g/mol. The van der Waals surface area contributed by atoms with Crippen molar-refractivity contribution in [2.24, 2.45) is 0 Å². The molecular formula is C19H14N2. The van der Waals surface area contributed by atoms with Crippen LogP contribution in [0.25, 0.3) is 21.7 Å². The highest BCUT2D eigenvalue weighted by Crippen LogP contribution is 2.23. The normalized spacial score (nSPS) is 11.0. The van der Waals surface area contributed by atoms with Crippen molar-refractivity contribution in [3.63, 3.8) is 0 Å². The Balaban J connectivity index is 1.87. The topological polar surface area (TPSA) is 25.8 Å². The minimum Gasteiger partial charge on any atom is -0.264 e. The van der Waals surface area contributed by atoms with Crippen molar-refractivity contribution in [2.45, 2.75) is 6.42 Å². The standard InChI is InChI=1S/C19H14N2/c1-2-6-17-15(5-1)12-20-13-16(17)11-14-9-10-21-19-8-4-3-7-18(14)19/h1-10,12-13H,11H2. The van der Waals surface area contributed by atoms with Gasteiger partial charge >= 0.3 is 0 Å². The number of hydrogen-bond donors (Lipinski definition) is 0. The molecule has 0 fully saturated rings. The van der Waals surface area contributed by atoms with Crippen molar-refractivity contribution in [1.29, 1.82) is 0 Å². The second-order valence-electron chi connectivity index (χ2n) is 5.18. The van der Waals surface area contributed by atoms with E-state index in [2.05, 4.69) is 58.5 Å². The van der Waals surface area contributed by atoms with Crippen LogP contribution in [0.5, 0.6) is 0 Å². The van der Waals surface area contributed by atoms with Crippen LogP contribution in [0.15, 0.2) is 73.2 Å². The first kappa shape index (κ1) is 12.0. The van der Waals surface area contributed by atoms with E-state index in [4.69, 9.17) is 0 Å². The van der Waals surface area contributed by atoms with Gasteiger partial charge < -0.3 is 0 Å². The third kappa shape index (κ3) is 2.15. The van der Waals surface area contributed by atoms with E-state index in [-0.39, 0.29) is 0 Å². The average molecular weight is 270 g/mol. The van der Waals surface area contributed by atoms with Gasteiger partial charge in [0.1, 0.15) is 0 Å². The van der Waals surface area contributed by atoms with Gasteiger partial charge in [0.2, 0.25) is 0 Å². The summed E-state index contributed by atoms with van der Waals surface area (Å²) in [5.74, 6) is 0. The van der Waals surface area contributed by atoms with Gasteiger partial charge in [-0.2, -0.15) is 0 Å². The number of fused-ring (bicyclic) bond motifs is 2. The zero-order chi connectivity index (χ0) is 14.1. The van der Waals surface area contributed by atoms with Crippen LogP contribution in [-0.4, -0.2) is 9.97 Å². The van der Waals surface area contributed by atoms with Crippen LogP contribution in [0.3, 0.4) is 0 Å². The first-order valence-electron chi connectivity index (χ1n) is 7.06. The molecule has 21 heavy (non-hydrogen) atoms. The van der Waals surface area contributed by atoms with E-state index in [1.54, 1.807) is 0 Å². The van der Waals surface area contributed by atoms with Crippen LogP contribution >= 0.6 is 0 Å². The van der Waals surface area contributed by atoms with Gasteiger partial charge in [0, 0.05) is 35.8 Å². The third-order valence-electron chi connectivity index (χ3n) is 3.87. The predicted octanol–water partition coefficient (Wildman–Crippen LogP) is 4.37. The molecule has 4 rings (SSSR count). The molecule has 0 radical (unpaired) electrons. The molecular weight excluding hydrogens is 256 g/mol. The fourth-order valence-electron chi connectivity index (χ4n) is 2.83. The Labute approximate surface area is 123 Å². The van der Waals surface area contributed by atoms with Crippen LogP contribution in [0.1, 0.15) is 11.1 Å². The SMILES string of the molecule is c1ccc2c(Cc3ccnc4ccccc34)cncc2c1. The van der Waals surface area contributed by atoms with E-state index in [9.17, 15) is 0 Å². The lowest BCUT2D eigenvalue weighted by molar-refractivity contribution is 1.18. The van der Waals surface area contributed by atoms with Crippen molar-refractivity contribution in [3.8, 4) is 0 Å². The lowest BCUT2D eigenvalue weighted by Gasteiger charge is -2.08. The summed E-state index contributed by atoms with van der Waals surface area (Å²) in [6.45, 7) is 0. The number of pyridine rings is 2. The smallest absolute Gasteiger partial charge is 0.0704 e. The number of rotatable bonds is 2. The van der Waals surface area contributed by atoms with E-state index < -0.39 is 0 Å². The van der Waals surface area contributed by atoms with Crippen molar-refractivity contribution < 1.29 is 0 Å². The molecule has 0 saturated carbocycles. The Morgan fingerprint density at radius 1 is 0.714 bits per heavy atom. The summed E-state index contributed by atoms with van der Waals surface area (Å²) in [5.41, 5.74) is 3.59. The van der Waals surface area contributed by atoms with Crippen molar-refractivity contribution in [2.75, 3.05) is 0 Å².